The number of hydrogen-bond donors (Lipinski definition) is 1. The second-order valence-electron chi connectivity index (χ2n) is 3.49. The Balaban J connectivity index is 4.12. The normalized spacial score (nSPS) is 12.8. The molecule has 1 nitrogen and oxygen atoms in total. The lowest BCUT2D eigenvalue weighted by atomic mass is 9.98. The Morgan fingerprint density at radius 1 is 1.18 bits per heavy atom. The molecule has 0 aliphatic carbocycles. The average Bonchev–Trinajstić information content (AvgIpc) is 1.81. The first-order valence-corrected chi connectivity index (χ1v) is 4.02. The molecular weight excluding hydrogens is 134 g/mol. The fourth-order valence-corrected chi connectivity index (χ4v) is 1.12. The van der Waals surface area contributed by atoms with Crippen molar-refractivity contribution in [1.29, 1.82) is 0 Å². The fraction of sp³-hybridized carbons (Fsp3) is 0.600. The van der Waals surface area contributed by atoms with Gasteiger partial charge in [-0.3, -0.25) is 0 Å². The third-order valence-electron chi connectivity index (χ3n) is 1.60. The average molecular weight is 153 g/mol. The standard InChI is InChI=1S/C10H19N/c1-7(2)10(8(3)4)11-9(5)6/h8,10-11H,1,5H2,2-4,6H3. The first-order chi connectivity index (χ1) is 4.95. The minimum absolute atomic E-state index is 0.368. The summed E-state index contributed by atoms with van der Waals surface area (Å²) in [4.78, 5) is 0. The van der Waals surface area contributed by atoms with Crippen LogP contribution in [0.15, 0.2) is 24.4 Å². The van der Waals surface area contributed by atoms with Gasteiger partial charge >= 0.3 is 0 Å². The Hall–Kier alpha value is -0.720. The van der Waals surface area contributed by atoms with Crippen LogP contribution in [0.2, 0.25) is 0 Å². The van der Waals surface area contributed by atoms with E-state index in [-0.39, 0.29) is 0 Å². The number of rotatable bonds is 4. The Labute approximate surface area is 70.2 Å². The second kappa shape index (κ2) is 4.22. The highest BCUT2D eigenvalue weighted by atomic mass is 14.9. The van der Waals surface area contributed by atoms with Crippen LogP contribution in [-0.2, 0) is 0 Å². The van der Waals surface area contributed by atoms with Gasteiger partial charge in [0.1, 0.15) is 0 Å². The largest absolute Gasteiger partial charge is 0.382 e. The van der Waals surface area contributed by atoms with Crippen LogP contribution < -0.4 is 5.32 Å². The van der Waals surface area contributed by atoms with Crippen LogP contribution in [0.5, 0.6) is 0 Å². The van der Waals surface area contributed by atoms with Crippen molar-refractivity contribution in [3.8, 4) is 0 Å². The maximum atomic E-state index is 3.93. The molecule has 0 aromatic carbocycles. The Kier molecular flexibility index (Phi) is 3.94. The fourth-order valence-electron chi connectivity index (χ4n) is 1.12. The summed E-state index contributed by atoms with van der Waals surface area (Å²) in [6.07, 6.45) is 0. The minimum Gasteiger partial charge on any atom is -0.382 e. The Bertz CT molecular complexity index is 156. The molecule has 0 rings (SSSR count). The van der Waals surface area contributed by atoms with Gasteiger partial charge in [0.2, 0.25) is 0 Å². The molecule has 1 heteroatoms. The summed E-state index contributed by atoms with van der Waals surface area (Å²) in [6, 6.07) is 0.368. The second-order valence-corrected chi connectivity index (χ2v) is 3.49. The van der Waals surface area contributed by atoms with Crippen LogP contribution in [0.4, 0.5) is 0 Å². The summed E-state index contributed by atoms with van der Waals surface area (Å²) in [5.41, 5.74) is 2.18. The lowest BCUT2D eigenvalue weighted by Crippen LogP contribution is -2.32. The van der Waals surface area contributed by atoms with Gasteiger partial charge in [-0.05, 0) is 19.8 Å². The predicted octanol–water partition coefficient (Wildman–Crippen LogP) is 2.71. The van der Waals surface area contributed by atoms with Gasteiger partial charge in [-0.15, -0.1) is 0 Å². The van der Waals surface area contributed by atoms with E-state index >= 15 is 0 Å². The molecule has 0 heterocycles. The van der Waals surface area contributed by atoms with E-state index in [4.69, 9.17) is 0 Å². The Morgan fingerprint density at radius 3 is 1.73 bits per heavy atom. The van der Waals surface area contributed by atoms with Crippen LogP contribution in [0, 0.1) is 5.92 Å². The smallest absolute Gasteiger partial charge is 0.0488 e. The van der Waals surface area contributed by atoms with E-state index in [1.807, 2.05) is 13.8 Å². The molecule has 64 valence electrons. The van der Waals surface area contributed by atoms with Gasteiger partial charge in [0, 0.05) is 11.7 Å². The van der Waals surface area contributed by atoms with Gasteiger partial charge in [-0.2, -0.15) is 0 Å². The topological polar surface area (TPSA) is 12.0 Å². The van der Waals surface area contributed by atoms with Crippen molar-refractivity contribution >= 4 is 0 Å². The SMILES string of the molecule is C=C(C)NC(C(=C)C)C(C)C. The third kappa shape index (κ3) is 3.87. The summed E-state index contributed by atoms with van der Waals surface area (Å²) in [5, 5.41) is 3.28. The molecule has 0 aromatic rings. The van der Waals surface area contributed by atoms with Crippen molar-refractivity contribution in [2.75, 3.05) is 0 Å². The summed E-state index contributed by atoms with van der Waals surface area (Å²) < 4.78 is 0. The van der Waals surface area contributed by atoms with E-state index in [1.54, 1.807) is 0 Å². The molecule has 0 spiro atoms. The molecule has 0 saturated carbocycles. The molecule has 0 bridgehead atoms. The molecular formula is C10H19N. The van der Waals surface area contributed by atoms with Crippen LogP contribution in [0.3, 0.4) is 0 Å². The van der Waals surface area contributed by atoms with Crippen LogP contribution >= 0.6 is 0 Å². The van der Waals surface area contributed by atoms with E-state index in [1.165, 1.54) is 5.57 Å². The van der Waals surface area contributed by atoms with Crippen molar-refractivity contribution in [2.45, 2.75) is 33.7 Å². The highest BCUT2D eigenvalue weighted by Crippen LogP contribution is 2.10. The molecule has 11 heavy (non-hydrogen) atoms. The first kappa shape index (κ1) is 10.3. The lowest BCUT2D eigenvalue weighted by molar-refractivity contribution is 0.483. The highest BCUT2D eigenvalue weighted by Gasteiger charge is 2.12. The van der Waals surface area contributed by atoms with Crippen molar-refractivity contribution < 1.29 is 0 Å². The van der Waals surface area contributed by atoms with Gasteiger partial charge in [-0.1, -0.05) is 32.6 Å². The van der Waals surface area contributed by atoms with Crippen LogP contribution in [0.25, 0.3) is 0 Å². The summed E-state index contributed by atoms with van der Waals surface area (Å²) in [5.74, 6) is 0.573. The maximum absolute atomic E-state index is 3.93. The van der Waals surface area contributed by atoms with Gasteiger partial charge in [0.05, 0.1) is 0 Å². The van der Waals surface area contributed by atoms with E-state index in [0.717, 1.165) is 5.70 Å². The molecule has 0 saturated heterocycles. The van der Waals surface area contributed by atoms with Crippen molar-refractivity contribution in [2.24, 2.45) is 5.92 Å². The van der Waals surface area contributed by atoms with Gasteiger partial charge in [0.25, 0.3) is 0 Å². The lowest BCUT2D eigenvalue weighted by Gasteiger charge is -2.23. The highest BCUT2D eigenvalue weighted by molar-refractivity contribution is 5.07. The maximum Gasteiger partial charge on any atom is 0.0488 e. The zero-order valence-corrected chi connectivity index (χ0v) is 8.07. The monoisotopic (exact) mass is 153 g/mol. The molecule has 1 N–H and O–H groups in total. The minimum atomic E-state index is 0.368. The van der Waals surface area contributed by atoms with E-state index < -0.39 is 0 Å². The predicted molar refractivity (Wildman–Crippen MR) is 51.4 cm³/mol. The van der Waals surface area contributed by atoms with Gasteiger partial charge in [-0.25, -0.2) is 0 Å². The Morgan fingerprint density at radius 2 is 1.64 bits per heavy atom. The summed E-state index contributed by atoms with van der Waals surface area (Å²) >= 11 is 0. The molecule has 0 aromatic heterocycles. The molecule has 0 aliphatic rings. The number of hydrogen-bond acceptors (Lipinski definition) is 1. The van der Waals surface area contributed by atoms with E-state index in [0.29, 0.717) is 12.0 Å². The van der Waals surface area contributed by atoms with Crippen molar-refractivity contribution in [3.05, 3.63) is 24.4 Å². The zero-order valence-electron chi connectivity index (χ0n) is 8.07. The van der Waals surface area contributed by atoms with Crippen LogP contribution in [-0.4, -0.2) is 6.04 Å². The third-order valence-corrected chi connectivity index (χ3v) is 1.60. The number of allylic oxidation sites excluding steroid dienone is 1. The molecule has 0 aliphatic heterocycles. The zero-order chi connectivity index (χ0) is 9.02. The quantitative estimate of drug-likeness (QED) is 0.612. The molecule has 0 amide bonds. The first-order valence-electron chi connectivity index (χ1n) is 4.02. The number of nitrogens with one attached hydrogen (secondary N) is 1. The van der Waals surface area contributed by atoms with Gasteiger partial charge < -0.3 is 5.32 Å². The van der Waals surface area contributed by atoms with Gasteiger partial charge in [0.15, 0.2) is 0 Å². The summed E-state index contributed by atoms with van der Waals surface area (Å²) in [6.45, 7) is 16.1. The van der Waals surface area contributed by atoms with Crippen LogP contribution in [0.1, 0.15) is 27.7 Å². The van der Waals surface area contributed by atoms with E-state index in [2.05, 4.69) is 32.3 Å². The summed E-state index contributed by atoms with van der Waals surface area (Å²) in [7, 11) is 0. The van der Waals surface area contributed by atoms with Crippen molar-refractivity contribution in [1.82, 2.24) is 5.32 Å². The van der Waals surface area contributed by atoms with E-state index in [9.17, 15) is 0 Å². The van der Waals surface area contributed by atoms with Crippen molar-refractivity contribution in [3.63, 3.8) is 0 Å². The molecule has 1 atom stereocenters. The molecule has 0 fully saturated rings. The molecule has 0 radical (unpaired) electrons. The molecule has 1 unspecified atom stereocenters.